The van der Waals surface area contributed by atoms with Gasteiger partial charge in [-0.2, -0.15) is 0 Å². The summed E-state index contributed by atoms with van der Waals surface area (Å²) in [6, 6.07) is 3.42. The van der Waals surface area contributed by atoms with Crippen LogP contribution in [0.15, 0.2) is 21.7 Å². The molecular weight excluding hydrogens is 481 g/mol. The molecule has 5 nitrogen and oxygen atoms in total. The van der Waals surface area contributed by atoms with Gasteiger partial charge in [-0.25, -0.2) is 0 Å². The average molecular weight is 512 g/mol. The molecule has 0 amide bonds. The second-order valence-corrected chi connectivity index (χ2v) is 7.47. The summed E-state index contributed by atoms with van der Waals surface area (Å²) >= 11 is 3.54. The van der Waals surface area contributed by atoms with Crippen LogP contribution in [0.1, 0.15) is 32.4 Å². The number of rotatable bonds is 7. The summed E-state index contributed by atoms with van der Waals surface area (Å²) in [5, 5.41) is 3.40. The molecule has 1 aromatic rings. The Labute approximate surface area is 172 Å². The lowest BCUT2D eigenvalue weighted by Crippen LogP contribution is -2.40. The molecule has 1 atom stereocenters. The fourth-order valence-electron chi connectivity index (χ4n) is 2.70. The van der Waals surface area contributed by atoms with Crippen LogP contribution in [0.3, 0.4) is 0 Å². The van der Waals surface area contributed by atoms with Gasteiger partial charge in [-0.05, 0) is 55.7 Å². The topological polar surface area (TPSA) is 35.8 Å². The number of aliphatic imine (C=N–C) groups is 1. The normalized spacial score (nSPS) is 16.0. The van der Waals surface area contributed by atoms with Crippen LogP contribution in [0, 0.1) is 0 Å². The molecule has 1 unspecified atom stereocenters. The predicted octanol–water partition coefficient (Wildman–Crippen LogP) is 3.29. The van der Waals surface area contributed by atoms with E-state index < -0.39 is 0 Å². The zero-order valence-corrected chi connectivity index (χ0v) is 19.3. The van der Waals surface area contributed by atoms with Crippen molar-refractivity contribution < 1.29 is 0 Å². The van der Waals surface area contributed by atoms with Crippen LogP contribution in [-0.2, 0) is 13.6 Å². The zero-order chi connectivity index (χ0) is 17.0. The van der Waals surface area contributed by atoms with Gasteiger partial charge in [0, 0.05) is 49.1 Å². The number of nitrogens with one attached hydrogen (secondary N) is 1. The van der Waals surface area contributed by atoms with Crippen molar-refractivity contribution in [3.05, 3.63) is 22.4 Å². The van der Waals surface area contributed by atoms with Gasteiger partial charge in [0.25, 0.3) is 0 Å². The number of aromatic nitrogens is 1. The van der Waals surface area contributed by atoms with Crippen LogP contribution in [0.25, 0.3) is 0 Å². The highest BCUT2D eigenvalue weighted by atomic mass is 127. The van der Waals surface area contributed by atoms with Crippen LogP contribution in [0.2, 0.25) is 0 Å². The maximum atomic E-state index is 4.85. The Balaban J connectivity index is 0.00000288. The Morgan fingerprint density at radius 3 is 2.62 bits per heavy atom. The van der Waals surface area contributed by atoms with E-state index in [1.807, 2.05) is 0 Å². The largest absolute Gasteiger partial charge is 0.357 e. The number of likely N-dealkylation sites (N-methyl/N-ethyl adjacent to an activating group) is 1. The first-order chi connectivity index (χ1) is 10.9. The molecule has 0 bridgehead atoms. The van der Waals surface area contributed by atoms with Crippen molar-refractivity contribution in [1.29, 1.82) is 0 Å². The molecule has 0 radical (unpaired) electrons. The molecule has 1 N–H and O–H groups in total. The molecule has 0 aromatic carbocycles. The lowest BCUT2D eigenvalue weighted by atomic mass is 10.3. The highest BCUT2D eigenvalue weighted by Gasteiger charge is 2.28. The minimum atomic E-state index is 0. The Hall–Kier alpha value is -0.280. The molecule has 1 saturated carbocycles. The number of nitrogens with zero attached hydrogens (tertiary/aromatic N) is 4. The zero-order valence-electron chi connectivity index (χ0n) is 15.4. The van der Waals surface area contributed by atoms with E-state index in [4.69, 9.17) is 4.99 Å². The van der Waals surface area contributed by atoms with Gasteiger partial charge >= 0.3 is 0 Å². The predicted molar refractivity (Wildman–Crippen MR) is 116 cm³/mol. The second-order valence-electron chi connectivity index (χ2n) is 6.56. The van der Waals surface area contributed by atoms with Crippen molar-refractivity contribution in [2.24, 2.45) is 12.0 Å². The molecule has 7 heteroatoms. The summed E-state index contributed by atoms with van der Waals surface area (Å²) in [7, 11) is 6.39. The van der Waals surface area contributed by atoms with Gasteiger partial charge < -0.3 is 14.8 Å². The quantitative estimate of drug-likeness (QED) is 0.346. The van der Waals surface area contributed by atoms with Crippen LogP contribution < -0.4 is 5.32 Å². The van der Waals surface area contributed by atoms with E-state index in [9.17, 15) is 0 Å². The smallest absolute Gasteiger partial charge is 0.194 e. The third-order valence-electron chi connectivity index (χ3n) is 4.49. The van der Waals surface area contributed by atoms with Crippen LogP contribution >= 0.6 is 39.9 Å². The summed E-state index contributed by atoms with van der Waals surface area (Å²) in [4.78, 5) is 9.50. The lowest BCUT2D eigenvalue weighted by Gasteiger charge is -2.25. The van der Waals surface area contributed by atoms with Crippen molar-refractivity contribution in [3.63, 3.8) is 0 Å². The third-order valence-corrected chi connectivity index (χ3v) is 4.93. The van der Waals surface area contributed by atoms with Crippen molar-refractivity contribution >= 4 is 45.9 Å². The molecule has 1 heterocycles. The molecule has 1 aromatic heterocycles. The van der Waals surface area contributed by atoms with E-state index in [1.54, 1.807) is 0 Å². The van der Waals surface area contributed by atoms with E-state index in [0.717, 1.165) is 36.1 Å². The maximum absolute atomic E-state index is 4.85. The van der Waals surface area contributed by atoms with Crippen LogP contribution in [0.5, 0.6) is 0 Å². The molecule has 1 aliphatic carbocycles. The van der Waals surface area contributed by atoms with Gasteiger partial charge in [0.2, 0.25) is 0 Å². The van der Waals surface area contributed by atoms with E-state index in [1.165, 1.54) is 18.5 Å². The van der Waals surface area contributed by atoms with E-state index in [2.05, 4.69) is 82.9 Å². The third kappa shape index (κ3) is 6.22. The SMILES string of the molecule is CCNC(=NCC(C)N(C)C1CC1)N(C)Cc1cc(Br)cn1C.I. The molecular formula is C17H31BrIN5. The van der Waals surface area contributed by atoms with Crippen molar-refractivity contribution in [2.45, 2.75) is 45.3 Å². The summed E-state index contributed by atoms with van der Waals surface area (Å²) in [5.41, 5.74) is 1.26. The van der Waals surface area contributed by atoms with Gasteiger partial charge in [-0.15, -0.1) is 24.0 Å². The Morgan fingerprint density at radius 2 is 2.12 bits per heavy atom. The highest BCUT2D eigenvalue weighted by molar-refractivity contribution is 14.0. The molecule has 2 rings (SSSR count). The highest BCUT2D eigenvalue weighted by Crippen LogP contribution is 2.26. The molecule has 138 valence electrons. The standard InChI is InChI=1S/C17H30BrN5.HI/c1-6-19-17(20-10-13(2)23(5)15-7-8-15)22(4)12-16-9-14(18)11-21(16)3;/h9,11,13,15H,6-8,10,12H2,1-5H3,(H,19,20);1H. The fraction of sp³-hybridized carbons (Fsp3) is 0.706. The maximum Gasteiger partial charge on any atom is 0.194 e. The molecule has 0 aliphatic heterocycles. The van der Waals surface area contributed by atoms with E-state index in [-0.39, 0.29) is 24.0 Å². The van der Waals surface area contributed by atoms with E-state index >= 15 is 0 Å². The Morgan fingerprint density at radius 1 is 1.46 bits per heavy atom. The number of halogens is 2. The average Bonchev–Trinajstić information content (AvgIpc) is 3.29. The van der Waals surface area contributed by atoms with Gasteiger partial charge in [0.05, 0.1) is 13.1 Å². The second kappa shape index (κ2) is 10.0. The molecule has 0 saturated heterocycles. The first kappa shape index (κ1) is 21.8. The number of hydrogen-bond donors (Lipinski definition) is 1. The van der Waals surface area contributed by atoms with Gasteiger partial charge in [0.1, 0.15) is 0 Å². The minimum absolute atomic E-state index is 0. The van der Waals surface area contributed by atoms with E-state index in [0.29, 0.717) is 6.04 Å². The lowest BCUT2D eigenvalue weighted by molar-refractivity contribution is 0.252. The summed E-state index contributed by atoms with van der Waals surface area (Å²) in [6.07, 6.45) is 4.76. The van der Waals surface area contributed by atoms with Gasteiger partial charge in [-0.1, -0.05) is 0 Å². The number of hydrogen-bond acceptors (Lipinski definition) is 2. The number of aryl methyl sites for hydroxylation is 1. The summed E-state index contributed by atoms with van der Waals surface area (Å²) in [5.74, 6) is 0.973. The fourth-order valence-corrected chi connectivity index (χ4v) is 3.27. The molecule has 0 spiro atoms. The number of guanidine groups is 1. The molecule has 24 heavy (non-hydrogen) atoms. The van der Waals surface area contributed by atoms with Crippen LogP contribution in [-0.4, -0.2) is 59.6 Å². The van der Waals surface area contributed by atoms with Crippen molar-refractivity contribution in [2.75, 3.05) is 27.2 Å². The Kier molecular flexibility index (Phi) is 9.08. The first-order valence-electron chi connectivity index (χ1n) is 8.44. The summed E-state index contributed by atoms with van der Waals surface area (Å²) < 4.78 is 3.26. The first-order valence-corrected chi connectivity index (χ1v) is 9.23. The van der Waals surface area contributed by atoms with Crippen molar-refractivity contribution in [1.82, 2.24) is 19.7 Å². The van der Waals surface area contributed by atoms with Gasteiger partial charge in [-0.3, -0.25) is 9.89 Å². The van der Waals surface area contributed by atoms with Crippen molar-refractivity contribution in [3.8, 4) is 0 Å². The van der Waals surface area contributed by atoms with Crippen LogP contribution in [0.4, 0.5) is 0 Å². The molecule has 1 fully saturated rings. The Bertz CT molecular complexity index is 541. The molecule has 1 aliphatic rings. The minimum Gasteiger partial charge on any atom is -0.357 e. The summed E-state index contributed by atoms with van der Waals surface area (Å²) in [6.45, 7) is 6.92. The van der Waals surface area contributed by atoms with Gasteiger partial charge in [0.15, 0.2) is 5.96 Å². The monoisotopic (exact) mass is 511 g/mol.